The lowest BCUT2D eigenvalue weighted by Gasteiger charge is -2.17. The highest BCUT2D eigenvalue weighted by Gasteiger charge is 2.16. The van der Waals surface area contributed by atoms with Gasteiger partial charge in [-0.05, 0) is 39.0 Å². The van der Waals surface area contributed by atoms with Gasteiger partial charge in [0.05, 0.1) is 15.2 Å². The number of hydrogen-bond acceptors (Lipinski definition) is 4. The number of anilines is 1. The van der Waals surface area contributed by atoms with Crippen molar-refractivity contribution in [2.75, 3.05) is 5.32 Å². The van der Waals surface area contributed by atoms with Crippen LogP contribution in [-0.4, -0.2) is 16.4 Å². The summed E-state index contributed by atoms with van der Waals surface area (Å²) >= 11 is 1.62. The quantitative estimate of drug-likeness (QED) is 0.894. The fourth-order valence-corrected chi connectivity index (χ4v) is 2.60. The van der Waals surface area contributed by atoms with Crippen LogP contribution >= 0.6 is 11.3 Å². The number of aromatic nitrogens is 1. The fourth-order valence-electron chi connectivity index (χ4n) is 1.74. The van der Waals surface area contributed by atoms with E-state index in [9.17, 15) is 4.79 Å². The average Bonchev–Trinajstić information content (AvgIpc) is 2.53. The molecule has 0 unspecified atom stereocenters. The maximum atomic E-state index is 11.8. The van der Waals surface area contributed by atoms with Gasteiger partial charge >= 0.3 is 0 Å². The van der Waals surface area contributed by atoms with Crippen LogP contribution in [0.4, 0.5) is 5.69 Å². The lowest BCUT2D eigenvalue weighted by Crippen LogP contribution is -2.36. The highest BCUT2D eigenvalue weighted by Crippen LogP contribution is 2.24. The Morgan fingerprint density at radius 2 is 2.22 bits per heavy atom. The Bertz CT molecular complexity index is 583. The average molecular weight is 263 g/mol. The van der Waals surface area contributed by atoms with Gasteiger partial charge in [0.1, 0.15) is 0 Å². The maximum Gasteiger partial charge on any atom is 0.226 e. The Morgan fingerprint density at radius 3 is 2.89 bits per heavy atom. The number of rotatable bonds is 3. The summed E-state index contributed by atoms with van der Waals surface area (Å²) in [6.45, 7) is 5.64. The lowest BCUT2D eigenvalue weighted by atomic mass is 10.0. The number of aryl methyl sites for hydroxylation is 1. The molecular formula is C13H17N3OS. The number of carbonyl (C=O) groups is 1. The molecule has 5 heteroatoms. The topological polar surface area (TPSA) is 68.0 Å². The Hall–Kier alpha value is -1.46. The van der Waals surface area contributed by atoms with Crippen LogP contribution < -0.4 is 11.1 Å². The number of nitrogens with two attached hydrogens (primary N) is 1. The Labute approximate surface area is 110 Å². The Kier molecular flexibility index (Phi) is 3.36. The molecule has 0 saturated carbocycles. The monoisotopic (exact) mass is 263 g/mol. The summed E-state index contributed by atoms with van der Waals surface area (Å²) in [5.74, 6) is -0.0666. The van der Waals surface area contributed by atoms with E-state index >= 15 is 0 Å². The highest BCUT2D eigenvalue weighted by atomic mass is 32.1. The van der Waals surface area contributed by atoms with Gasteiger partial charge < -0.3 is 11.1 Å². The largest absolute Gasteiger partial charge is 0.326 e. The van der Waals surface area contributed by atoms with Crippen molar-refractivity contribution < 1.29 is 4.79 Å². The first kappa shape index (κ1) is 13.0. The van der Waals surface area contributed by atoms with Crippen LogP contribution in [0.5, 0.6) is 0 Å². The van der Waals surface area contributed by atoms with Gasteiger partial charge in [0, 0.05) is 17.6 Å². The minimum Gasteiger partial charge on any atom is -0.326 e. The van der Waals surface area contributed by atoms with Gasteiger partial charge in [-0.2, -0.15) is 0 Å². The number of fused-ring (bicyclic) bond motifs is 1. The SMILES string of the molecule is Cc1nc2ccc(NC(=O)CC(C)(C)N)cc2s1. The third-order valence-electron chi connectivity index (χ3n) is 2.40. The normalized spacial score (nSPS) is 11.8. The molecule has 0 fully saturated rings. The maximum absolute atomic E-state index is 11.8. The third-order valence-corrected chi connectivity index (χ3v) is 3.33. The minimum atomic E-state index is -0.491. The summed E-state index contributed by atoms with van der Waals surface area (Å²) in [6, 6.07) is 5.73. The first-order valence-electron chi connectivity index (χ1n) is 5.79. The summed E-state index contributed by atoms with van der Waals surface area (Å²) in [6.07, 6.45) is 0.298. The summed E-state index contributed by atoms with van der Waals surface area (Å²) < 4.78 is 1.08. The predicted molar refractivity (Wildman–Crippen MR) is 75.9 cm³/mol. The fraction of sp³-hybridized carbons (Fsp3) is 0.385. The molecule has 1 heterocycles. The zero-order valence-electron chi connectivity index (χ0n) is 10.8. The molecule has 1 aromatic heterocycles. The van der Waals surface area contributed by atoms with Gasteiger partial charge in [0.25, 0.3) is 0 Å². The van der Waals surface area contributed by atoms with E-state index in [1.54, 1.807) is 11.3 Å². The van der Waals surface area contributed by atoms with E-state index in [1.165, 1.54) is 0 Å². The molecule has 4 nitrogen and oxygen atoms in total. The van der Waals surface area contributed by atoms with E-state index in [2.05, 4.69) is 10.3 Å². The molecule has 1 amide bonds. The van der Waals surface area contributed by atoms with Crippen LogP contribution in [0.2, 0.25) is 0 Å². The summed E-state index contributed by atoms with van der Waals surface area (Å²) in [4.78, 5) is 16.1. The molecule has 1 aromatic carbocycles. The summed E-state index contributed by atoms with van der Waals surface area (Å²) in [5.41, 5.74) is 7.08. The van der Waals surface area contributed by atoms with Crippen molar-refractivity contribution in [3.63, 3.8) is 0 Å². The number of carbonyl (C=O) groups excluding carboxylic acids is 1. The van der Waals surface area contributed by atoms with Crippen molar-refractivity contribution >= 4 is 33.1 Å². The number of hydrogen-bond donors (Lipinski definition) is 2. The molecule has 96 valence electrons. The van der Waals surface area contributed by atoms with Crippen molar-refractivity contribution in [1.29, 1.82) is 0 Å². The molecule has 0 aliphatic heterocycles. The van der Waals surface area contributed by atoms with E-state index < -0.39 is 5.54 Å². The molecule has 2 rings (SSSR count). The van der Waals surface area contributed by atoms with E-state index in [-0.39, 0.29) is 5.91 Å². The second-order valence-corrected chi connectivity index (χ2v) is 6.36. The minimum absolute atomic E-state index is 0.0666. The van der Waals surface area contributed by atoms with E-state index in [0.29, 0.717) is 6.42 Å². The second-order valence-electron chi connectivity index (χ2n) is 5.13. The lowest BCUT2D eigenvalue weighted by molar-refractivity contribution is -0.117. The van der Waals surface area contributed by atoms with E-state index in [1.807, 2.05) is 39.0 Å². The number of nitrogens with zero attached hydrogens (tertiary/aromatic N) is 1. The van der Waals surface area contributed by atoms with E-state index in [0.717, 1.165) is 20.9 Å². The van der Waals surface area contributed by atoms with Crippen LogP contribution in [0.1, 0.15) is 25.3 Å². The van der Waals surface area contributed by atoms with Crippen LogP contribution in [-0.2, 0) is 4.79 Å². The van der Waals surface area contributed by atoms with Crippen molar-refractivity contribution in [3.8, 4) is 0 Å². The van der Waals surface area contributed by atoms with Gasteiger partial charge in [-0.25, -0.2) is 4.98 Å². The molecule has 0 aliphatic rings. The van der Waals surface area contributed by atoms with Crippen molar-refractivity contribution in [3.05, 3.63) is 23.2 Å². The van der Waals surface area contributed by atoms with Crippen molar-refractivity contribution in [1.82, 2.24) is 4.98 Å². The summed E-state index contributed by atoms with van der Waals surface area (Å²) in [7, 11) is 0. The van der Waals surface area contributed by atoms with E-state index in [4.69, 9.17) is 5.73 Å². The van der Waals surface area contributed by atoms with Gasteiger partial charge in [-0.15, -0.1) is 11.3 Å². The molecule has 2 aromatic rings. The molecule has 0 bridgehead atoms. The van der Waals surface area contributed by atoms with Gasteiger partial charge in [-0.3, -0.25) is 4.79 Å². The predicted octanol–water partition coefficient (Wildman–Crippen LogP) is 2.67. The van der Waals surface area contributed by atoms with Crippen LogP contribution in [0.15, 0.2) is 18.2 Å². The third kappa shape index (κ3) is 3.27. The standard InChI is InChI=1S/C13H17N3OS/c1-8-15-10-5-4-9(6-11(10)18-8)16-12(17)7-13(2,3)14/h4-6H,7,14H2,1-3H3,(H,16,17). The molecular weight excluding hydrogens is 246 g/mol. The smallest absolute Gasteiger partial charge is 0.226 e. The molecule has 0 spiro atoms. The Balaban J connectivity index is 2.14. The molecule has 0 atom stereocenters. The number of nitrogens with one attached hydrogen (secondary N) is 1. The number of benzene rings is 1. The summed E-state index contributed by atoms with van der Waals surface area (Å²) in [5, 5.41) is 3.88. The highest BCUT2D eigenvalue weighted by molar-refractivity contribution is 7.18. The second kappa shape index (κ2) is 4.66. The Morgan fingerprint density at radius 1 is 1.50 bits per heavy atom. The number of thiazole rings is 1. The molecule has 0 aliphatic carbocycles. The van der Waals surface area contributed by atoms with Gasteiger partial charge in [0.15, 0.2) is 0 Å². The zero-order chi connectivity index (χ0) is 13.3. The van der Waals surface area contributed by atoms with Crippen LogP contribution in [0.3, 0.4) is 0 Å². The van der Waals surface area contributed by atoms with Gasteiger partial charge in [-0.1, -0.05) is 0 Å². The van der Waals surface area contributed by atoms with Crippen LogP contribution in [0.25, 0.3) is 10.2 Å². The first-order chi connectivity index (χ1) is 8.33. The molecule has 0 saturated heterocycles. The van der Waals surface area contributed by atoms with Crippen molar-refractivity contribution in [2.45, 2.75) is 32.7 Å². The van der Waals surface area contributed by atoms with Crippen molar-refractivity contribution in [2.24, 2.45) is 5.73 Å². The zero-order valence-corrected chi connectivity index (χ0v) is 11.6. The molecule has 3 N–H and O–H groups in total. The molecule has 18 heavy (non-hydrogen) atoms. The van der Waals surface area contributed by atoms with Gasteiger partial charge in [0.2, 0.25) is 5.91 Å². The first-order valence-corrected chi connectivity index (χ1v) is 6.61. The molecule has 0 radical (unpaired) electrons. The van der Waals surface area contributed by atoms with Crippen LogP contribution in [0, 0.1) is 6.92 Å². The number of amides is 1.